The summed E-state index contributed by atoms with van der Waals surface area (Å²) in [5.74, 6) is -0.336. The molecule has 0 saturated heterocycles. The number of allylic oxidation sites excluding steroid dienone is 2. The molecule has 0 fully saturated rings. The molecule has 0 radical (unpaired) electrons. The lowest BCUT2D eigenvalue weighted by atomic mass is 9.58. The maximum absolute atomic E-state index is 12.9. The Morgan fingerprint density at radius 2 is 1.92 bits per heavy atom. The first-order chi connectivity index (χ1) is 17.6. The molecule has 9 nitrogen and oxygen atoms in total. The molecule has 194 valence electrons. The SMILES string of the molecule is CCCCOc1ccc([C@@H]2C3CN(C(=O)OC(C)(C)C)CC=C3C(C#N)=C(N)C2(C#N)C#N)cc1OC. The van der Waals surface area contributed by atoms with E-state index in [4.69, 9.17) is 19.9 Å². The fraction of sp³-hybridized carbons (Fsp3) is 0.500. The monoisotopic (exact) mass is 503 g/mol. The predicted molar refractivity (Wildman–Crippen MR) is 136 cm³/mol. The van der Waals surface area contributed by atoms with E-state index in [0.717, 1.165) is 12.8 Å². The summed E-state index contributed by atoms with van der Waals surface area (Å²) in [6.45, 7) is 8.30. The maximum atomic E-state index is 12.9. The first-order valence-electron chi connectivity index (χ1n) is 12.3. The summed E-state index contributed by atoms with van der Waals surface area (Å²) in [4.78, 5) is 14.4. The number of amides is 1. The number of carbonyl (C=O) groups is 1. The Kier molecular flexibility index (Phi) is 8.04. The molecule has 3 rings (SSSR count). The van der Waals surface area contributed by atoms with Crippen LogP contribution in [-0.2, 0) is 4.74 Å². The first kappa shape index (κ1) is 27.4. The number of nitrogens with zero attached hydrogens (tertiary/aromatic N) is 4. The van der Waals surface area contributed by atoms with Crippen LogP contribution in [0.1, 0.15) is 52.0 Å². The topological polar surface area (TPSA) is 145 Å². The van der Waals surface area contributed by atoms with E-state index in [1.165, 1.54) is 12.0 Å². The number of nitriles is 3. The zero-order chi connectivity index (χ0) is 27.4. The van der Waals surface area contributed by atoms with Crippen molar-refractivity contribution in [1.82, 2.24) is 4.90 Å². The number of rotatable bonds is 6. The lowest BCUT2D eigenvalue weighted by Gasteiger charge is -2.45. The summed E-state index contributed by atoms with van der Waals surface area (Å²) in [6, 6.07) is 11.6. The van der Waals surface area contributed by atoms with Crippen LogP contribution in [0.15, 0.2) is 41.1 Å². The highest BCUT2D eigenvalue weighted by Gasteiger charge is 2.55. The number of hydrogen-bond acceptors (Lipinski definition) is 8. The van der Waals surface area contributed by atoms with Crippen LogP contribution in [0.25, 0.3) is 0 Å². The zero-order valence-electron chi connectivity index (χ0n) is 22.0. The minimum atomic E-state index is -1.83. The standard InChI is InChI=1S/C28H33N5O4/c1-6-7-12-36-22-9-8-18(13-23(22)35-5)24-21-15-33(26(34)37-27(2,3)4)11-10-19(21)20(14-29)25(32)28(24,16-30)17-31/h8-10,13,21,24H,6-7,11-12,15,32H2,1-5H3/t21?,24-/m1/s1. The minimum Gasteiger partial charge on any atom is -0.493 e. The van der Waals surface area contributed by atoms with Gasteiger partial charge in [-0.1, -0.05) is 25.5 Å². The highest BCUT2D eigenvalue weighted by atomic mass is 16.6. The van der Waals surface area contributed by atoms with Crippen LogP contribution in [0.4, 0.5) is 4.79 Å². The van der Waals surface area contributed by atoms with Crippen LogP contribution in [0.2, 0.25) is 0 Å². The number of fused-ring (bicyclic) bond motifs is 1. The lowest BCUT2D eigenvalue weighted by Crippen LogP contribution is -2.50. The molecular formula is C28H33N5O4. The van der Waals surface area contributed by atoms with E-state index in [-0.39, 0.29) is 24.4 Å². The third-order valence-corrected chi connectivity index (χ3v) is 6.62. The van der Waals surface area contributed by atoms with E-state index in [2.05, 4.69) is 25.1 Å². The molecule has 1 aromatic rings. The van der Waals surface area contributed by atoms with Gasteiger partial charge in [0.15, 0.2) is 16.9 Å². The molecule has 1 amide bonds. The third kappa shape index (κ3) is 5.20. The molecule has 0 bridgehead atoms. The van der Waals surface area contributed by atoms with Crippen molar-refractivity contribution in [2.45, 2.75) is 52.1 Å². The van der Waals surface area contributed by atoms with Crippen molar-refractivity contribution in [3.63, 3.8) is 0 Å². The van der Waals surface area contributed by atoms with E-state index in [9.17, 15) is 20.6 Å². The largest absolute Gasteiger partial charge is 0.493 e. The van der Waals surface area contributed by atoms with Crippen molar-refractivity contribution >= 4 is 6.09 Å². The summed E-state index contributed by atoms with van der Waals surface area (Å²) in [5.41, 5.74) is 5.13. The van der Waals surface area contributed by atoms with Gasteiger partial charge in [-0.15, -0.1) is 0 Å². The van der Waals surface area contributed by atoms with E-state index < -0.39 is 28.9 Å². The number of benzene rings is 1. The van der Waals surface area contributed by atoms with Crippen molar-refractivity contribution in [3.05, 3.63) is 46.7 Å². The highest BCUT2D eigenvalue weighted by Crippen LogP contribution is 2.55. The van der Waals surface area contributed by atoms with Gasteiger partial charge in [-0.25, -0.2) is 4.79 Å². The molecule has 9 heteroatoms. The van der Waals surface area contributed by atoms with Gasteiger partial charge in [0.05, 0.1) is 37.1 Å². The average Bonchev–Trinajstić information content (AvgIpc) is 2.87. The van der Waals surface area contributed by atoms with Crippen molar-refractivity contribution in [2.75, 3.05) is 26.8 Å². The van der Waals surface area contributed by atoms with Crippen LogP contribution in [0.3, 0.4) is 0 Å². The molecule has 1 unspecified atom stereocenters. The average molecular weight is 504 g/mol. The van der Waals surface area contributed by atoms with Gasteiger partial charge in [0.1, 0.15) is 11.7 Å². The minimum absolute atomic E-state index is 0.0829. The van der Waals surface area contributed by atoms with Crippen molar-refractivity contribution < 1.29 is 19.0 Å². The highest BCUT2D eigenvalue weighted by molar-refractivity contribution is 5.70. The quantitative estimate of drug-likeness (QED) is 0.557. The Morgan fingerprint density at radius 3 is 2.49 bits per heavy atom. The Bertz CT molecular complexity index is 1220. The van der Waals surface area contributed by atoms with Crippen molar-refractivity contribution in [3.8, 4) is 29.7 Å². The van der Waals surface area contributed by atoms with Crippen LogP contribution in [0, 0.1) is 45.3 Å². The van der Waals surface area contributed by atoms with Crippen molar-refractivity contribution in [2.24, 2.45) is 17.1 Å². The van der Waals surface area contributed by atoms with Gasteiger partial charge in [0, 0.05) is 24.9 Å². The molecule has 1 aliphatic heterocycles. The molecule has 1 aliphatic carbocycles. The molecule has 0 aromatic heterocycles. The molecule has 1 aromatic carbocycles. The third-order valence-electron chi connectivity index (χ3n) is 6.62. The fourth-order valence-electron chi connectivity index (χ4n) is 4.86. The van der Waals surface area contributed by atoms with E-state index in [0.29, 0.717) is 29.2 Å². The van der Waals surface area contributed by atoms with Gasteiger partial charge in [-0.3, -0.25) is 0 Å². The molecule has 37 heavy (non-hydrogen) atoms. The summed E-state index contributed by atoms with van der Waals surface area (Å²) >= 11 is 0. The first-order valence-corrected chi connectivity index (χ1v) is 12.3. The van der Waals surface area contributed by atoms with Crippen LogP contribution < -0.4 is 15.2 Å². The van der Waals surface area contributed by atoms with E-state index >= 15 is 0 Å². The Hall–Kier alpha value is -4.16. The Balaban J connectivity index is 2.16. The summed E-state index contributed by atoms with van der Waals surface area (Å²) in [5, 5.41) is 30.6. The molecule has 2 atom stereocenters. The molecule has 2 aliphatic rings. The molecule has 0 spiro atoms. The van der Waals surface area contributed by atoms with Crippen LogP contribution in [0.5, 0.6) is 11.5 Å². The van der Waals surface area contributed by atoms with Gasteiger partial charge in [-0.05, 0) is 50.5 Å². The molecule has 0 saturated carbocycles. The van der Waals surface area contributed by atoms with Gasteiger partial charge >= 0.3 is 6.09 Å². The number of nitrogens with two attached hydrogens (primary N) is 1. The normalized spacial score (nSPS) is 20.5. The smallest absolute Gasteiger partial charge is 0.410 e. The lowest BCUT2D eigenvalue weighted by molar-refractivity contribution is 0.0224. The summed E-state index contributed by atoms with van der Waals surface area (Å²) < 4.78 is 17.0. The second-order valence-corrected chi connectivity index (χ2v) is 10.2. The van der Waals surface area contributed by atoms with Gasteiger partial charge < -0.3 is 24.8 Å². The van der Waals surface area contributed by atoms with Gasteiger partial charge in [0.2, 0.25) is 0 Å². The van der Waals surface area contributed by atoms with Crippen LogP contribution >= 0.6 is 0 Å². The zero-order valence-corrected chi connectivity index (χ0v) is 22.0. The Labute approximate surface area is 218 Å². The predicted octanol–water partition coefficient (Wildman–Crippen LogP) is 4.53. The maximum Gasteiger partial charge on any atom is 0.410 e. The fourth-order valence-corrected chi connectivity index (χ4v) is 4.86. The summed E-state index contributed by atoms with van der Waals surface area (Å²) in [6.07, 6.45) is 3.11. The van der Waals surface area contributed by atoms with Crippen molar-refractivity contribution in [1.29, 1.82) is 15.8 Å². The number of carbonyl (C=O) groups excluding carboxylic acids is 1. The second kappa shape index (κ2) is 10.8. The van der Waals surface area contributed by atoms with E-state index in [1.54, 1.807) is 45.0 Å². The molecule has 1 heterocycles. The molecular weight excluding hydrogens is 470 g/mol. The second-order valence-electron chi connectivity index (χ2n) is 10.2. The number of unbranched alkanes of at least 4 members (excludes halogenated alkanes) is 1. The number of hydrogen-bond donors (Lipinski definition) is 1. The molecule has 2 N–H and O–H groups in total. The number of methoxy groups -OCH3 is 1. The van der Waals surface area contributed by atoms with Gasteiger partial charge in [-0.2, -0.15) is 15.8 Å². The number of ether oxygens (including phenoxy) is 3. The van der Waals surface area contributed by atoms with E-state index in [1.807, 2.05) is 0 Å². The Morgan fingerprint density at radius 1 is 1.22 bits per heavy atom. The summed E-state index contributed by atoms with van der Waals surface area (Å²) in [7, 11) is 1.52. The van der Waals surface area contributed by atoms with Gasteiger partial charge in [0.25, 0.3) is 0 Å². The van der Waals surface area contributed by atoms with Crippen LogP contribution in [-0.4, -0.2) is 43.4 Å².